The normalized spacial score (nSPS) is 10.1. The van der Waals surface area contributed by atoms with E-state index < -0.39 is 0 Å². The highest BCUT2D eigenvalue weighted by atomic mass is 35.5. The fourth-order valence-corrected chi connectivity index (χ4v) is 1.68. The average molecular weight is 233 g/mol. The van der Waals surface area contributed by atoms with Crippen molar-refractivity contribution in [3.63, 3.8) is 0 Å². The lowest BCUT2D eigenvalue weighted by molar-refractivity contribution is 0.343. The van der Waals surface area contributed by atoms with Crippen molar-refractivity contribution >= 4 is 22.5 Å². The maximum Gasteiger partial charge on any atom is 0.147 e. The Bertz CT molecular complexity index is 575. The van der Waals surface area contributed by atoms with Crippen molar-refractivity contribution in [2.45, 2.75) is 6.92 Å². The van der Waals surface area contributed by atoms with Crippen LogP contribution in [0.5, 0.6) is 5.75 Å². The molecule has 0 amide bonds. The molecule has 0 aliphatic carbocycles. The lowest BCUT2D eigenvalue weighted by Crippen LogP contribution is -1.94. The van der Waals surface area contributed by atoms with Crippen LogP contribution >= 0.6 is 11.6 Å². The molecule has 16 heavy (non-hydrogen) atoms. The van der Waals surface area contributed by atoms with Gasteiger partial charge in [0.25, 0.3) is 0 Å². The smallest absolute Gasteiger partial charge is 0.147 e. The molecule has 0 aliphatic rings. The number of nitriles is 1. The molecule has 1 heterocycles. The summed E-state index contributed by atoms with van der Waals surface area (Å²) in [5.41, 5.74) is 1.07. The Hall–Kier alpha value is -1.79. The molecule has 80 valence electrons. The van der Waals surface area contributed by atoms with Gasteiger partial charge in [-0.1, -0.05) is 23.7 Å². The highest BCUT2D eigenvalue weighted by Gasteiger charge is 2.08. The van der Waals surface area contributed by atoms with E-state index in [0.717, 1.165) is 5.39 Å². The van der Waals surface area contributed by atoms with E-state index in [1.807, 2.05) is 31.2 Å². The molecule has 0 bridgehead atoms. The molecular weight excluding hydrogens is 224 g/mol. The van der Waals surface area contributed by atoms with E-state index >= 15 is 0 Å². The number of benzene rings is 1. The monoisotopic (exact) mass is 232 g/mol. The van der Waals surface area contributed by atoms with Crippen LogP contribution in [0.1, 0.15) is 12.5 Å². The largest absolute Gasteiger partial charge is 0.492 e. The Morgan fingerprint density at radius 1 is 1.50 bits per heavy atom. The number of nitrogens with zero attached hydrogens (tertiary/aromatic N) is 2. The van der Waals surface area contributed by atoms with E-state index in [1.165, 1.54) is 0 Å². The van der Waals surface area contributed by atoms with E-state index in [9.17, 15) is 0 Å². The van der Waals surface area contributed by atoms with Crippen LogP contribution in [0.15, 0.2) is 24.3 Å². The van der Waals surface area contributed by atoms with Gasteiger partial charge in [-0.15, -0.1) is 0 Å². The van der Waals surface area contributed by atoms with E-state index in [1.54, 1.807) is 6.07 Å². The second-order valence-corrected chi connectivity index (χ2v) is 3.56. The second kappa shape index (κ2) is 4.38. The predicted molar refractivity (Wildman–Crippen MR) is 62.6 cm³/mol. The maximum atomic E-state index is 8.84. The molecule has 0 fully saturated rings. The summed E-state index contributed by atoms with van der Waals surface area (Å²) in [6, 6.07) is 9.30. The zero-order valence-corrected chi connectivity index (χ0v) is 9.45. The lowest BCUT2D eigenvalue weighted by Gasteiger charge is -2.07. The van der Waals surface area contributed by atoms with Crippen molar-refractivity contribution in [1.29, 1.82) is 5.26 Å². The van der Waals surface area contributed by atoms with Crippen molar-refractivity contribution in [3.8, 4) is 11.8 Å². The number of halogens is 1. The Morgan fingerprint density at radius 2 is 2.31 bits per heavy atom. The van der Waals surface area contributed by atoms with E-state index in [2.05, 4.69) is 4.98 Å². The van der Waals surface area contributed by atoms with Crippen LogP contribution in [0.4, 0.5) is 0 Å². The maximum absolute atomic E-state index is 8.84. The van der Waals surface area contributed by atoms with Gasteiger partial charge in [0.2, 0.25) is 0 Å². The molecule has 2 rings (SSSR count). The van der Waals surface area contributed by atoms with Crippen LogP contribution in [0.3, 0.4) is 0 Å². The number of hydrogen-bond donors (Lipinski definition) is 0. The van der Waals surface area contributed by atoms with Gasteiger partial charge in [-0.2, -0.15) is 5.26 Å². The molecule has 0 spiro atoms. The van der Waals surface area contributed by atoms with Crippen molar-refractivity contribution in [2.24, 2.45) is 0 Å². The number of ether oxygens (including phenoxy) is 1. The molecule has 0 saturated heterocycles. The average Bonchev–Trinajstić information content (AvgIpc) is 2.29. The van der Waals surface area contributed by atoms with E-state index in [4.69, 9.17) is 21.6 Å². The summed E-state index contributed by atoms with van der Waals surface area (Å²) in [5.74, 6) is 0.686. The third kappa shape index (κ3) is 1.80. The van der Waals surface area contributed by atoms with Gasteiger partial charge >= 0.3 is 0 Å². The summed E-state index contributed by atoms with van der Waals surface area (Å²) in [7, 11) is 0. The van der Waals surface area contributed by atoms with Crippen LogP contribution < -0.4 is 4.74 Å². The fraction of sp³-hybridized carbons (Fsp3) is 0.167. The Labute approximate surface area is 98.2 Å². The van der Waals surface area contributed by atoms with Gasteiger partial charge < -0.3 is 4.74 Å². The van der Waals surface area contributed by atoms with Crippen LogP contribution in [-0.4, -0.2) is 11.6 Å². The summed E-state index contributed by atoms with van der Waals surface area (Å²) in [5, 5.41) is 9.91. The van der Waals surface area contributed by atoms with Gasteiger partial charge in [0.05, 0.1) is 12.2 Å². The molecule has 0 N–H and O–H groups in total. The number of hydrogen-bond acceptors (Lipinski definition) is 3. The summed E-state index contributed by atoms with van der Waals surface area (Å²) >= 11 is 5.89. The molecule has 2 aromatic rings. The second-order valence-electron chi connectivity index (χ2n) is 3.20. The number of rotatable bonds is 2. The van der Waals surface area contributed by atoms with Crippen molar-refractivity contribution < 1.29 is 4.74 Å². The number of pyridine rings is 1. The van der Waals surface area contributed by atoms with Crippen LogP contribution in [0.25, 0.3) is 10.9 Å². The first kappa shape index (κ1) is 10.7. The van der Waals surface area contributed by atoms with Gasteiger partial charge in [-0.3, -0.25) is 0 Å². The molecular formula is C12H9ClN2O. The van der Waals surface area contributed by atoms with Crippen LogP contribution in [-0.2, 0) is 0 Å². The van der Waals surface area contributed by atoms with Gasteiger partial charge in [-0.25, -0.2) is 4.98 Å². The third-order valence-corrected chi connectivity index (χ3v) is 2.47. The number of aromatic nitrogens is 1. The minimum Gasteiger partial charge on any atom is -0.492 e. The van der Waals surface area contributed by atoms with Gasteiger partial charge in [-0.05, 0) is 19.1 Å². The van der Waals surface area contributed by atoms with Crippen molar-refractivity contribution in [2.75, 3.05) is 6.61 Å². The van der Waals surface area contributed by atoms with E-state index in [0.29, 0.717) is 23.4 Å². The summed E-state index contributed by atoms with van der Waals surface area (Å²) in [6.07, 6.45) is 0. The molecule has 1 aromatic carbocycles. The van der Waals surface area contributed by atoms with Crippen molar-refractivity contribution in [3.05, 3.63) is 35.0 Å². The number of fused-ring (bicyclic) bond motifs is 1. The molecule has 3 nitrogen and oxygen atoms in total. The molecule has 0 radical (unpaired) electrons. The zero-order valence-electron chi connectivity index (χ0n) is 8.70. The zero-order chi connectivity index (χ0) is 11.5. The summed E-state index contributed by atoms with van der Waals surface area (Å²) in [6.45, 7) is 2.47. The minimum absolute atomic E-state index is 0.210. The number of para-hydroxylation sites is 1. The molecule has 0 atom stereocenters. The third-order valence-electron chi connectivity index (χ3n) is 2.18. The molecule has 0 aliphatic heterocycles. The predicted octanol–water partition coefficient (Wildman–Crippen LogP) is 3.16. The SMILES string of the molecule is CCOc1cccc2cc(C#N)c(Cl)nc12. The Balaban J connectivity index is 2.70. The quantitative estimate of drug-likeness (QED) is 0.748. The van der Waals surface area contributed by atoms with Gasteiger partial charge in [0.1, 0.15) is 22.5 Å². The minimum atomic E-state index is 0.210. The first-order valence-electron chi connectivity index (χ1n) is 4.88. The first-order chi connectivity index (χ1) is 7.76. The summed E-state index contributed by atoms with van der Waals surface area (Å²) in [4.78, 5) is 4.18. The highest BCUT2D eigenvalue weighted by molar-refractivity contribution is 6.31. The van der Waals surface area contributed by atoms with Gasteiger partial charge in [0, 0.05) is 5.39 Å². The lowest BCUT2D eigenvalue weighted by atomic mass is 10.1. The fourth-order valence-electron chi connectivity index (χ4n) is 1.50. The molecule has 4 heteroatoms. The molecule has 0 unspecified atom stereocenters. The van der Waals surface area contributed by atoms with E-state index in [-0.39, 0.29) is 5.15 Å². The Morgan fingerprint density at radius 3 is 3.00 bits per heavy atom. The molecule has 0 saturated carbocycles. The van der Waals surface area contributed by atoms with Crippen LogP contribution in [0.2, 0.25) is 5.15 Å². The topological polar surface area (TPSA) is 45.9 Å². The van der Waals surface area contributed by atoms with Crippen LogP contribution in [0, 0.1) is 11.3 Å². The highest BCUT2D eigenvalue weighted by Crippen LogP contribution is 2.27. The Kier molecular flexibility index (Phi) is 2.93. The molecule has 1 aromatic heterocycles. The standard InChI is InChI=1S/C12H9ClN2O/c1-2-16-10-5-3-4-8-6-9(7-14)12(13)15-11(8)10/h3-6H,2H2,1H3. The first-order valence-corrected chi connectivity index (χ1v) is 5.26. The van der Waals surface area contributed by atoms with Gasteiger partial charge in [0.15, 0.2) is 0 Å². The summed E-state index contributed by atoms with van der Waals surface area (Å²) < 4.78 is 5.44. The van der Waals surface area contributed by atoms with Crippen molar-refractivity contribution in [1.82, 2.24) is 4.98 Å².